The van der Waals surface area contributed by atoms with E-state index in [0.29, 0.717) is 5.92 Å². The Balaban J connectivity index is 2.37. The Bertz CT molecular complexity index is 486. The van der Waals surface area contributed by atoms with E-state index in [9.17, 15) is 0 Å². The van der Waals surface area contributed by atoms with Gasteiger partial charge in [0, 0.05) is 18.5 Å². The van der Waals surface area contributed by atoms with Gasteiger partial charge in [0.2, 0.25) is 0 Å². The molecule has 1 aromatic carbocycles. The van der Waals surface area contributed by atoms with E-state index in [0.717, 1.165) is 36.6 Å². The fourth-order valence-electron chi connectivity index (χ4n) is 1.99. The van der Waals surface area contributed by atoms with Gasteiger partial charge in [-0.2, -0.15) is 5.10 Å². The van der Waals surface area contributed by atoms with Gasteiger partial charge in [0.05, 0.1) is 0 Å². The number of hydrogen-bond acceptors (Lipinski definition) is 2. The van der Waals surface area contributed by atoms with Crippen LogP contribution in [0.25, 0.3) is 11.4 Å². The summed E-state index contributed by atoms with van der Waals surface area (Å²) in [7, 11) is 0. The predicted octanol–water partition coefficient (Wildman–Crippen LogP) is 3.55. The number of nitrogens with zero attached hydrogens (tertiary/aromatic N) is 3. The zero-order valence-corrected chi connectivity index (χ0v) is 11.4. The van der Waals surface area contributed by atoms with Gasteiger partial charge in [-0.05, 0) is 12.3 Å². The number of hydrogen-bond donors (Lipinski definition) is 0. The molecule has 0 radical (unpaired) electrons. The molecule has 0 unspecified atom stereocenters. The van der Waals surface area contributed by atoms with Gasteiger partial charge in [-0.3, -0.25) is 0 Å². The molecule has 0 aliphatic heterocycles. The molecular weight excluding hydrogens is 222 g/mol. The van der Waals surface area contributed by atoms with Crippen LogP contribution in [0.3, 0.4) is 0 Å². The van der Waals surface area contributed by atoms with E-state index in [1.807, 2.05) is 22.9 Å². The van der Waals surface area contributed by atoms with Crippen LogP contribution in [0.15, 0.2) is 30.3 Å². The lowest BCUT2D eigenvalue weighted by Crippen LogP contribution is -2.08. The highest BCUT2D eigenvalue weighted by molar-refractivity contribution is 5.54. The fourth-order valence-corrected chi connectivity index (χ4v) is 1.99. The third-order valence-electron chi connectivity index (χ3n) is 2.76. The quantitative estimate of drug-likeness (QED) is 0.804. The average Bonchev–Trinajstić information content (AvgIpc) is 2.73. The Morgan fingerprint density at radius 3 is 2.50 bits per heavy atom. The Hall–Kier alpha value is -1.64. The maximum atomic E-state index is 4.68. The Labute approximate surface area is 109 Å². The molecule has 2 rings (SSSR count). The Morgan fingerprint density at radius 1 is 1.17 bits per heavy atom. The molecule has 0 saturated carbocycles. The number of aryl methyl sites for hydroxylation is 1. The van der Waals surface area contributed by atoms with E-state index in [2.05, 4.69) is 43.0 Å². The average molecular weight is 243 g/mol. The molecule has 0 fully saturated rings. The van der Waals surface area contributed by atoms with Crippen LogP contribution in [0.1, 0.15) is 33.0 Å². The van der Waals surface area contributed by atoms with Gasteiger partial charge >= 0.3 is 0 Å². The van der Waals surface area contributed by atoms with Crippen LogP contribution in [-0.4, -0.2) is 14.8 Å². The third-order valence-corrected chi connectivity index (χ3v) is 2.76. The van der Waals surface area contributed by atoms with E-state index in [1.165, 1.54) is 0 Å². The van der Waals surface area contributed by atoms with Crippen LogP contribution < -0.4 is 0 Å². The van der Waals surface area contributed by atoms with Gasteiger partial charge in [0.1, 0.15) is 0 Å². The first-order valence-corrected chi connectivity index (χ1v) is 6.69. The van der Waals surface area contributed by atoms with Gasteiger partial charge in [-0.1, -0.05) is 51.1 Å². The van der Waals surface area contributed by atoms with Gasteiger partial charge in [-0.15, -0.1) is 0 Å². The highest BCUT2D eigenvalue weighted by atomic mass is 15.3. The first-order chi connectivity index (χ1) is 8.70. The van der Waals surface area contributed by atoms with Gasteiger partial charge in [0.25, 0.3) is 0 Å². The van der Waals surface area contributed by atoms with Gasteiger partial charge in [-0.25, -0.2) is 9.67 Å². The zero-order chi connectivity index (χ0) is 13.0. The summed E-state index contributed by atoms with van der Waals surface area (Å²) >= 11 is 0. The number of aromatic nitrogens is 3. The molecule has 0 aliphatic rings. The molecule has 3 nitrogen and oxygen atoms in total. The summed E-state index contributed by atoms with van der Waals surface area (Å²) in [5.74, 6) is 2.52. The second-order valence-electron chi connectivity index (χ2n) is 5.04. The van der Waals surface area contributed by atoms with Crippen molar-refractivity contribution in [3.8, 4) is 11.4 Å². The van der Waals surface area contributed by atoms with Crippen LogP contribution in [0.4, 0.5) is 0 Å². The van der Waals surface area contributed by atoms with Gasteiger partial charge in [0.15, 0.2) is 11.6 Å². The third kappa shape index (κ3) is 2.97. The highest BCUT2D eigenvalue weighted by Gasteiger charge is 2.12. The molecule has 3 heteroatoms. The molecule has 0 N–H and O–H groups in total. The molecular formula is C15H21N3. The van der Waals surface area contributed by atoms with E-state index in [4.69, 9.17) is 0 Å². The monoisotopic (exact) mass is 243 g/mol. The lowest BCUT2D eigenvalue weighted by atomic mass is 10.2. The standard InChI is InChI=1S/C15H21N3/c1-4-8-14-16-15(13-9-6-5-7-10-13)18(17-14)11-12(2)3/h5-7,9-10,12H,4,8,11H2,1-3H3. The molecule has 0 bridgehead atoms. The molecule has 1 aromatic heterocycles. The van der Waals surface area contributed by atoms with Crippen LogP contribution in [0.2, 0.25) is 0 Å². The number of benzene rings is 1. The summed E-state index contributed by atoms with van der Waals surface area (Å²) < 4.78 is 2.05. The minimum absolute atomic E-state index is 0.573. The molecule has 0 aliphatic carbocycles. The molecule has 0 atom stereocenters. The van der Waals surface area contributed by atoms with Crippen LogP contribution in [-0.2, 0) is 13.0 Å². The largest absolute Gasteiger partial charge is 0.245 e. The van der Waals surface area contributed by atoms with Crippen molar-refractivity contribution in [2.75, 3.05) is 0 Å². The second kappa shape index (κ2) is 5.80. The van der Waals surface area contributed by atoms with Crippen molar-refractivity contribution < 1.29 is 0 Å². The van der Waals surface area contributed by atoms with Crippen molar-refractivity contribution in [2.45, 2.75) is 40.2 Å². The first kappa shape index (κ1) is 12.8. The first-order valence-electron chi connectivity index (χ1n) is 6.69. The maximum Gasteiger partial charge on any atom is 0.158 e. The van der Waals surface area contributed by atoms with E-state index in [-0.39, 0.29) is 0 Å². The fraction of sp³-hybridized carbons (Fsp3) is 0.467. The molecule has 0 saturated heterocycles. The van der Waals surface area contributed by atoms with Crippen molar-refractivity contribution in [1.29, 1.82) is 0 Å². The topological polar surface area (TPSA) is 30.7 Å². The summed E-state index contributed by atoms with van der Waals surface area (Å²) in [5, 5.41) is 4.62. The zero-order valence-electron chi connectivity index (χ0n) is 11.4. The van der Waals surface area contributed by atoms with Crippen LogP contribution in [0, 0.1) is 5.92 Å². The van der Waals surface area contributed by atoms with Crippen LogP contribution >= 0.6 is 0 Å². The van der Waals surface area contributed by atoms with Crippen LogP contribution in [0.5, 0.6) is 0 Å². The molecule has 1 heterocycles. The van der Waals surface area contributed by atoms with Gasteiger partial charge < -0.3 is 0 Å². The van der Waals surface area contributed by atoms with Crippen molar-refractivity contribution in [3.05, 3.63) is 36.2 Å². The summed E-state index contributed by atoms with van der Waals surface area (Å²) in [6.45, 7) is 7.48. The minimum Gasteiger partial charge on any atom is -0.245 e. The summed E-state index contributed by atoms with van der Waals surface area (Å²) in [4.78, 5) is 4.68. The van der Waals surface area contributed by atoms with E-state index < -0.39 is 0 Å². The smallest absolute Gasteiger partial charge is 0.158 e. The molecule has 96 valence electrons. The summed E-state index contributed by atoms with van der Waals surface area (Å²) in [6.07, 6.45) is 2.03. The lowest BCUT2D eigenvalue weighted by Gasteiger charge is -2.08. The molecule has 2 aromatic rings. The predicted molar refractivity (Wildman–Crippen MR) is 74.3 cm³/mol. The maximum absolute atomic E-state index is 4.68. The number of rotatable bonds is 5. The van der Waals surface area contributed by atoms with Crippen molar-refractivity contribution in [1.82, 2.24) is 14.8 Å². The Morgan fingerprint density at radius 2 is 1.89 bits per heavy atom. The van der Waals surface area contributed by atoms with E-state index in [1.54, 1.807) is 0 Å². The SMILES string of the molecule is CCCc1nc(-c2ccccc2)n(CC(C)C)n1. The summed E-state index contributed by atoms with van der Waals surface area (Å²) in [5.41, 5.74) is 1.15. The second-order valence-corrected chi connectivity index (χ2v) is 5.04. The van der Waals surface area contributed by atoms with Crippen molar-refractivity contribution in [2.24, 2.45) is 5.92 Å². The minimum atomic E-state index is 0.573. The van der Waals surface area contributed by atoms with Crippen molar-refractivity contribution in [3.63, 3.8) is 0 Å². The summed E-state index contributed by atoms with van der Waals surface area (Å²) in [6, 6.07) is 10.3. The molecule has 0 spiro atoms. The lowest BCUT2D eigenvalue weighted by molar-refractivity contribution is 0.483. The molecule has 18 heavy (non-hydrogen) atoms. The van der Waals surface area contributed by atoms with E-state index >= 15 is 0 Å². The van der Waals surface area contributed by atoms with Crippen molar-refractivity contribution >= 4 is 0 Å². The Kier molecular flexibility index (Phi) is 4.13. The normalized spacial score (nSPS) is 11.1. The highest BCUT2D eigenvalue weighted by Crippen LogP contribution is 2.18. The molecule has 0 amide bonds.